The summed E-state index contributed by atoms with van der Waals surface area (Å²) in [7, 11) is 2.05. The molecule has 72 valence electrons. The highest BCUT2D eigenvalue weighted by molar-refractivity contribution is 8.17. The lowest BCUT2D eigenvalue weighted by Gasteiger charge is -2.28. The average molecular weight is 196 g/mol. The van der Waals surface area contributed by atoms with E-state index in [4.69, 9.17) is 0 Å². The second-order valence-corrected chi connectivity index (χ2v) is 4.62. The summed E-state index contributed by atoms with van der Waals surface area (Å²) in [5, 5.41) is 1.04. The van der Waals surface area contributed by atoms with Gasteiger partial charge in [-0.1, -0.05) is 24.4 Å². The van der Waals surface area contributed by atoms with E-state index in [1.54, 1.807) is 17.8 Å². The Morgan fingerprint density at radius 1 is 1.62 bits per heavy atom. The largest absolute Gasteiger partial charge is 0.345 e. The van der Waals surface area contributed by atoms with Crippen LogP contribution in [0.3, 0.4) is 0 Å². The monoisotopic (exact) mass is 196 g/mol. The lowest BCUT2D eigenvalue weighted by molar-refractivity contribution is 0.330. The average Bonchev–Trinajstić information content (AvgIpc) is 2.26. The van der Waals surface area contributed by atoms with Crippen LogP contribution in [0, 0.1) is 0 Å². The zero-order chi connectivity index (χ0) is 10.1. The van der Waals surface area contributed by atoms with Crippen molar-refractivity contribution in [3.8, 4) is 0 Å². The number of likely N-dealkylation sites (N-methyl/N-ethyl adjacent to an activating group) is 1. The van der Waals surface area contributed by atoms with Gasteiger partial charge in [0, 0.05) is 12.0 Å². The van der Waals surface area contributed by atoms with Crippen molar-refractivity contribution in [2.24, 2.45) is 4.99 Å². The molecule has 1 aliphatic rings. The van der Waals surface area contributed by atoms with Gasteiger partial charge < -0.3 is 4.90 Å². The number of thioether (sulfide) groups is 1. The van der Waals surface area contributed by atoms with Gasteiger partial charge in [-0.25, -0.2) is 0 Å². The van der Waals surface area contributed by atoms with E-state index >= 15 is 0 Å². The van der Waals surface area contributed by atoms with E-state index in [-0.39, 0.29) is 5.54 Å². The third-order valence-electron chi connectivity index (χ3n) is 2.38. The van der Waals surface area contributed by atoms with Crippen LogP contribution in [0.4, 0.5) is 0 Å². The molecule has 1 rings (SSSR count). The standard InChI is InChI=1S/C10H16N2S/c1-6-7-11-9-12(5)10(3,4)8(2)13-9/h6H,1-2,7H2,3-5H3. The number of hydrogen-bond acceptors (Lipinski definition) is 2. The summed E-state index contributed by atoms with van der Waals surface area (Å²) >= 11 is 1.65. The molecule has 0 aromatic heterocycles. The van der Waals surface area contributed by atoms with Crippen LogP contribution in [0.25, 0.3) is 0 Å². The maximum absolute atomic E-state index is 4.40. The lowest BCUT2D eigenvalue weighted by Crippen LogP contribution is -2.38. The summed E-state index contributed by atoms with van der Waals surface area (Å²) in [6, 6.07) is 0. The molecule has 0 aliphatic carbocycles. The smallest absolute Gasteiger partial charge is 0.164 e. The highest BCUT2D eigenvalue weighted by Crippen LogP contribution is 2.40. The van der Waals surface area contributed by atoms with Crippen LogP contribution in [0.15, 0.2) is 29.1 Å². The van der Waals surface area contributed by atoms with Crippen LogP contribution in [0.1, 0.15) is 13.8 Å². The molecular formula is C10H16N2S. The van der Waals surface area contributed by atoms with Crippen molar-refractivity contribution in [1.29, 1.82) is 0 Å². The maximum Gasteiger partial charge on any atom is 0.164 e. The van der Waals surface area contributed by atoms with Gasteiger partial charge in [0.1, 0.15) is 0 Å². The summed E-state index contributed by atoms with van der Waals surface area (Å²) < 4.78 is 0. The Kier molecular flexibility index (Phi) is 2.86. The van der Waals surface area contributed by atoms with E-state index in [2.05, 4.69) is 36.9 Å². The predicted octanol–water partition coefficient (Wildman–Crippen LogP) is 2.50. The molecule has 0 N–H and O–H groups in total. The quantitative estimate of drug-likeness (QED) is 0.631. The molecular weight excluding hydrogens is 180 g/mol. The van der Waals surface area contributed by atoms with Crippen LogP contribution < -0.4 is 0 Å². The second kappa shape index (κ2) is 3.58. The molecule has 0 unspecified atom stereocenters. The van der Waals surface area contributed by atoms with Crippen molar-refractivity contribution in [3.05, 3.63) is 24.1 Å². The highest BCUT2D eigenvalue weighted by atomic mass is 32.2. The first-order valence-corrected chi connectivity index (χ1v) is 5.08. The molecule has 0 aromatic rings. The molecule has 0 bridgehead atoms. The van der Waals surface area contributed by atoms with E-state index in [0.29, 0.717) is 6.54 Å². The predicted molar refractivity (Wildman–Crippen MR) is 61.1 cm³/mol. The topological polar surface area (TPSA) is 15.6 Å². The van der Waals surface area contributed by atoms with E-state index in [1.807, 2.05) is 7.05 Å². The van der Waals surface area contributed by atoms with Crippen LogP contribution in [-0.4, -0.2) is 29.2 Å². The molecule has 0 atom stereocenters. The molecule has 1 heterocycles. The Balaban J connectivity index is 2.85. The Bertz CT molecular complexity index is 266. The van der Waals surface area contributed by atoms with Gasteiger partial charge >= 0.3 is 0 Å². The molecule has 0 amide bonds. The fraction of sp³-hybridized carbons (Fsp3) is 0.500. The number of hydrogen-bond donors (Lipinski definition) is 0. The Morgan fingerprint density at radius 3 is 2.62 bits per heavy atom. The lowest BCUT2D eigenvalue weighted by atomic mass is 10.1. The number of rotatable bonds is 2. The normalized spacial score (nSPS) is 24.1. The highest BCUT2D eigenvalue weighted by Gasteiger charge is 2.37. The van der Waals surface area contributed by atoms with Crippen molar-refractivity contribution < 1.29 is 0 Å². The number of nitrogens with zero attached hydrogens (tertiary/aromatic N) is 2. The van der Waals surface area contributed by atoms with Crippen LogP contribution in [0.5, 0.6) is 0 Å². The van der Waals surface area contributed by atoms with E-state index in [0.717, 1.165) is 10.1 Å². The first-order valence-electron chi connectivity index (χ1n) is 4.26. The van der Waals surface area contributed by atoms with Gasteiger partial charge in [0.05, 0.1) is 12.1 Å². The van der Waals surface area contributed by atoms with Gasteiger partial charge in [0.2, 0.25) is 0 Å². The number of aliphatic imine (C=N–C) groups is 1. The molecule has 0 spiro atoms. The second-order valence-electron chi connectivity index (χ2n) is 3.56. The molecule has 1 aliphatic heterocycles. The van der Waals surface area contributed by atoms with Gasteiger partial charge in [0.15, 0.2) is 5.17 Å². The van der Waals surface area contributed by atoms with Crippen LogP contribution in [0.2, 0.25) is 0 Å². The summed E-state index contributed by atoms with van der Waals surface area (Å²) in [4.78, 5) is 7.70. The van der Waals surface area contributed by atoms with Crippen molar-refractivity contribution in [1.82, 2.24) is 4.90 Å². The number of amidine groups is 1. The van der Waals surface area contributed by atoms with Gasteiger partial charge in [-0.3, -0.25) is 4.99 Å². The zero-order valence-corrected chi connectivity index (χ0v) is 9.32. The van der Waals surface area contributed by atoms with Gasteiger partial charge in [0.25, 0.3) is 0 Å². The molecule has 2 nitrogen and oxygen atoms in total. The Hall–Kier alpha value is -0.700. The van der Waals surface area contributed by atoms with Gasteiger partial charge in [-0.05, 0) is 13.8 Å². The summed E-state index contributed by atoms with van der Waals surface area (Å²) in [6.45, 7) is 12.7. The summed E-state index contributed by atoms with van der Waals surface area (Å²) in [5.41, 5.74) is 0.0185. The Morgan fingerprint density at radius 2 is 2.23 bits per heavy atom. The molecule has 1 saturated heterocycles. The summed E-state index contributed by atoms with van der Waals surface area (Å²) in [6.07, 6.45) is 1.80. The SMILES string of the molecule is C=CCN=C1SC(=C)C(C)(C)N1C. The molecule has 13 heavy (non-hydrogen) atoms. The Labute approximate surface area is 84.4 Å². The maximum atomic E-state index is 4.40. The fourth-order valence-electron chi connectivity index (χ4n) is 1.01. The molecule has 0 saturated carbocycles. The molecule has 0 aromatic carbocycles. The van der Waals surface area contributed by atoms with Crippen molar-refractivity contribution in [2.75, 3.05) is 13.6 Å². The van der Waals surface area contributed by atoms with Crippen molar-refractivity contribution in [2.45, 2.75) is 19.4 Å². The van der Waals surface area contributed by atoms with Crippen LogP contribution >= 0.6 is 11.8 Å². The first kappa shape index (κ1) is 10.4. The summed E-state index contributed by atoms with van der Waals surface area (Å²) in [5.74, 6) is 0. The molecule has 1 fully saturated rings. The van der Waals surface area contributed by atoms with E-state index in [1.165, 1.54) is 0 Å². The first-order chi connectivity index (χ1) is 6.00. The minimum Gasteiger partial charge on any atom is -0.345 e. The third-order valence-corrected chi connectivity index (χ3v) is 3.71. The minimum atomic E-state index is 0.0185. The molecule has 3 heteroatoms. The minimum absolute atomic E-state index is 0.0185. The van der Waals surface area contributed by atoms with Gasteiger partial charge in [-0.2, -0.15) is 0 Å². The van der Waals surface area contributed by atoms with E-state index in [9.17, 15) is 0 Å². The zero-order valence-electron chi connectivity index (χ0n) is 8.50. The fourth-order valence-corrected chi connectivity index (χ4v) is 2.12. The van der Waals surface area contributed by atoms with E-state index < -0.39 is 0 Å². The third kappa shape index (κ3) is 1.80. The van der Waals surface area contributed by atoms with Crippen molar-refractivity contribution in [3.63, 3.8) is 0 Å². The van der Waals surface area contributed by atoms with Gasteiger partial charge in [-0.15, -0.1) is 6.58 Å². The molecule has 0 radical (unpaired) electrons. The van der Waals surface area contributed by atoms with Crippen molar-refractivity contribution >= 4 is 16.9 Å². The van der Waals surface area contributed by atoms with Crippen LogP contribution in [-0.2, 0) is 0 Å².